The molecule has 1 N–H and O–H groups in total. The lowest BCUT2D eigenvalue weighted by Gasteiger charge is -2.31. The molecule has 4 aromatic carbocycles. The molecule has 24 heavy (non-hydrogen) atoms. The van der Waals surface area contributed by atoms with E-state index in [4.69, 9.17) is 1.41 Å². The van der Waals surface area contributed by atoms with Gasteiger partial charge < -0.3 is 5.31 Å². The van der Waals surface area contributed by atoms with Crippen molar-refractivity contribution in [3.8, 4) is 0 Å². The van der Waals surface area contributed by atoms with Crippen LogP contribution in [0.2, 0.25) is 1.41 Å². The molecule has 0 saturated carbocycles. The smallest absolute Gasteiger partial charge is 0.167 e. The lowest BCUT2D eigenvalue weighted by molar-refractivity contribution is 0.968. The lowest BCUT2D eigenvalue weighted by Crippen LogP contribution is -2.14. The third-order valence-electron chi connectivity index (χ3n) is 4.86. The maximum absolute atomic E-state index is 8.80. The van der Waals surface area contributed by atoms with Crippen LogP contribution >= 0.6 is 0 Å². The zero-order valence-electron chi connectivity index (χ0n) is 14.2. The second-order valence-corrected chi connectivity index (χ2v) is 6.24. The quantitative estimate of drug-likeness (QED) is 0.449. The molecule has 114 valence electrons. The molecule has 4 aromatic rings. The number of nitrogens with one attached hydrogen (secondary N) is 1. The average Bonchev–Trinajstić information content (AvgIpc) is 2.68. The molecule has 0 fully saturated rings. The first-order chi connectivity index (χ1) is 12.3. The van der Waals surface area contributed by atoms with E-state index in [-0.39, 0.29) is 5.92 Å². The molecule has 1 nitrogen and oxygen atoms in total. The highest BCUT2D eigenvalue weighted by molar-refractivity contribution is 5.99. The predicted molar refractivity (Wildman–Crippen MR) is 101 cm³/mol. The molecule has 0 saturated heterocycles. The van der Waals surface area contributed by atoms with Gasteiger partial charge in [0.05, 0.1) is 5.69 Å². The first-order valence-electron chi connectivity index (χ1n) is 8.74. The Kier molecular flexibility index (Phi) is 2.70. The van der Waals surface area contributed by atoms with Gasteiger partial charge in [0.25, 0.3) is 0 Å². The molecule has 0 spiro atoms. The fourth-order valence-corrected chi connectivity index (χ4v) is 3.76. The van der Waals surface area contributed by atoms with Crippen molar-refractivity contribution in [2.75, 3.05) is 5.31 Å². The number of hydrogen-bond donors (Lipinski definition) is 1. The monoisotopic (exact) mass is 308 g/mol. The van der Waals surface area contributed by atoms with Gasteiger partial charge in [-0.1, -0.05) is 84.9 Å². The molecule has 1 aliphatic rings. The summed E-state index contributed by atoms with van der Waals surface area (Å²) in [7, 11) is 0. The fourth-order valence-electron chi connectivity index (χ4n) is 3.76. The Morgan fingerprint density at radius 1 is 0.667 bits per heavy atom. The van der Waals surface area contributed by atoms with E-state index in [0.29, 0.717) is 0 Å². The summed E-state index contributed by atoms with van der Waals surface area (Å²) in [5, 5.41) is 3.90. The van der Waals surface area contributed by atoms with Crippen molar-refractivity contribution in [3.05, 3.63) is 108 Å². The Hall–Kier alpha value is -3.06. The standard InChI is InChI=1S/C23H17N/c1-2-9-17(10-3-1)22-19-12-6-7-13-21(19)24-23-18-11-5-4-8-16(18)14-15-20(22)23/h1-15,22,24H/i/hD. The number of benzene rings is 4. The van der Waals surface area contributed by atoms with E-state index in [0.717, 1.165) is 16.8 Å². The highest BCUT2D eigenvalue weighted by Crippen LogP contribution is 2.47. The summed E-state index contributed by atoms with van der Waals surface area (Å²) in [5.74, 6) is 0.151. The third kappa shape index (κ3) is 1.95. The van der Waals surface area contributed by atoms with E-state index in [9.17, 15) is 0 Å². The summed E-state index contributed by atoms with van der Waals surface area (Å²) in [4.78, 5) is 0. The van der Waals surface area contributed by atoms with Crippen LogP contribution in [0.5, 0.6) is 0 Å². The van der Waals surface area contributed by atoms with E-state index in [1.807, 2.05) is 12.1 Å². The van der Waals surface area contributed by atoms with Gasteiger partial charge in [-0.2, -0.15) is 0 Å². The largest absolute Gasteiger partial charge is 0.355 e. The van der Waals surface area contributed by atoms with Crippen LogP contribution in [0, 0.1) is 0 Å². The normalized spacial score (nSPS) is 16.4. The Bertz CT molecular complexity index is 1070. The average molecular weight is 308 g/mol. The molecule has 0 bridgehead atoms. The second-order valence-electron chi connectivity index (χ2n) is 6.24. The van der Waals surface area contributed by atoms with Crippen LogP contribution in [0.3, 0.4) is 0 Å². The number of hydrogen-bond acceptors (Lipinski definition) is 1. The van der Waals surface area contributed by atoms with Crippen molar-refractivity contribution in [1.82, 2.24) is 0 Å². The molecule has 0 radical (unpaired) electrons. The van der Waals surface area contributed by atoms with Gasteiger partial charge in [0.1, 0.15) is 0 Å². The molecule has 1 atom stereocenters. The van der Waals surface area contributed by atoms with Gasteiger partial charge in [-0.15, -0.1) is 0 Å². The van der Waals surface area contributed by atoms with Crippen molar-refractivity contribution < 1.29 is 1.41 Å². The fraction of sp³-hybridized carbons (Fsp3) is 0.0435. The summed E-state index contributed by atoms with van der Waals surface area (Å²) >= 11 is 0. The summed E-state index contributed by atoms with van der Waals surface area (Å²) in [6, 6.07) is 31.5. The van der Waals surface area contributed by atoms with Crippen LogP contribution in [-0.4, -0.2) is 0 Å². The predicted octanol–water partition coefficient (Wildman–Crippen LogP) is 6.08. The van der Waals surface area contributed by atoms with E-state index in [1.54, 1.807) is 5.31 Å². The maximum atomic E-state index is 8.80. The van der Waals surface area contributed by atoms with Gasteiger partial charge in [0.15, 0.2) is 1.41 Å². The first-order valence-corrected chi connectivity index (χ1v) is 8.29. The third-order valence-corrected chi connectivity index (χ3v) is 4.86. The lowest BCUT2D eigenvalue weighted by atomic mass is 9.80. The van der Waals surface area contributed by atoms with Crippen molar-refractivity contribution in [1.29, 1.82) is 0 Å². The molecule has 5 rings (SSSR count). The Labute approximate surface area is 143 Å². The first kappa shape index (κ1) is 12.4. The van der Waals surface area contributed by atoms with Crippen LogP contribution in [-0.2, 0) is 0 Å². The minimum absolute atomic E-state index is 0.151. The van der Waals surface area contributed by atoms with E-state index in [1.165, 1.54) is 22.1 Å². The summed E-state index contributed by atoms with van der Waals surface area (Å²) < 4.78 is 8.80. The van der Waals surface area contributed by atoms with Crippen molar-refractivity contribution in [3.63, 3.8) is 0 Å². The number of fused-ring (bicyclic) bond motifs is 4. The Balaban J connectivity index is 1.88. The van der Waals surface area contributed by atoms with E-state index >= 15 is 0 Å². The molecule has 0 aliphatic carbocycles. The summed E-state index contributed by atoms with van der Waals surface area (Å²) in [6.45, 7) is 0. The minimum atomic E-state index is 0.151. The van der Waals surface area contributed by atoms with Crippen LogP contribution in [0.4, 0.5) is 11.4 Å². The SMILES string of the molecule is [2H]N1c2ccccc2C(c2ccccc2)c2ccc3ccccc3c21. The number of rotatable bonds is 1. The summed E-state index contributed by atoms with van der Waals surface area (Å²) in [6.07, 6.45) is 0. The van der Waals surface area contributed by atoms with Gasteiger partial charge in [-0.25, -0.2) is 0 Å². The Morgan fingerprint density at radius 2 is 1.42 bits per heavy atom. The Morgan fingerprint density at radius 3 is 2.33 bits per heavy atom. The molecule has 0 amide bonds. The van der Waals surface area contributed by atoms with Gasteiger partial charge in [0, 0.05) is 17.0 Å². The van der Waals surface area contributed by atoms with Gasteiger partial charge in [-0.3, -0.25) is 0 Å². The van der Waals surface area contributed by atoms with Crippen LogP contribution in [0.1, 0.15) is 22.6 Å². The van der Waals surface area contributed by atoms with E-state index < -0.39 is 0 Å². The van der Waals surface area contributed by atoms with Gasteiger partial charge in [0.2, 0.25) is 0 Å². The molecule has 0 aromatic heterocycles. The minimum Gasteiger partial charge on any atom is -0.355 e. The van der Waals surface area contributed by atoms with Crippen LogP contribution < -0.4 is 5.31 Å². The van der Waals surface area contributed by atoms with Crippen molar-refractivity contribution >= 4 is 22.1 Å². The highest BCUT2D eigenvalue weighted by Gasteiger charge is 2.27. The maximum Gasteiger partial charge on any atom is 0.167 e. The number of para-hydroxylation sites is 1. The van der Waals surface area contributed by atoms with Crippen LogP contribution in [0.25, 0.3) is 10.8 Å². The molecular weight excluding hydrogens is 290 g/mol. The summed E-state index contributed by atoms with van der Waals surface area (Å²) in [5.41, 5.74) is 5.59. The topological polar surface area (TPSA) is 12.0 Å². The number of anilines is 2. The highest BCUT2D eigenvalue weighted by atomic mass is 14.9. The molecule has 1 heterocycles. The molecule has 1 aliphatic heterocycles. The zero-order valence-corrected chi connectivity index (χ0v) is 13.2. The van der Waals surface area contributed by atoms with Gasteiger partial charge in [-0.05, 0) is 28.1 Å². The van der Waals surface area contributed by atoms with Crippen molar-refractivity contribution in [2.24, 2.45) is 0 Å². The van der Waals surface area contributed by atoms with Crippen LogP contribution in [0.15, 0.2) is 91.0 Å². The molecular formula is C23H17N. The van der Waals surface area contributed by atoms with E-state index in [2.05, 4.69) is 78.9 Å². The second kappa shape index (κ2) is 5.24. The molecule has 1 heteroatoms. The zero-order chi connectivity index (χ0) is 16.8. The van der Waals surface area contributed by atoms with Gasteiger partial charge >= 0.3 is 0 Å². The molecule has 1 unspecified atom stereocenters. The van der Waals surface area contributed by atoms with Crippen molar-refractivity contribution in [2.45, 2.75) is 5.92 Å².